The van der Waals surface area contributed by atoms with Gasteiger partial charge in [-0.3, -0.25) is 4.57 Å². The van der Waals surface area contributed by atoms with E-state index in [4.69, 9.17) is 9.47 Å². The molecule has 1 aromatic carbocycles. The molecule has 30 heavy (non-hydrogen) atoms. The second-order valence-corrected chi connectivity index (χ2v) is 9.78. The molecule has 1 aromatic heterocycles. The summed E-state index contributed by atoms with van der Waals surface area (Å²) < 4.78 is 41.5. The minimum Gasteiger partial charge on any atom is -0.497 e. The molecule has 9 nitrogen and oxygen atoms in total. The SMILES string of the molecule is COCCn1nc(C2CCCN(S(=O)(=O)c3cccc(OC)c3)C2)n(C2CC2)c1=O. The Labute approximate surface area is 176 Å². The van der Waals surface area contributed by atoms with Crippen molar-refractivity contribution in [3.63, 3.8) is 0 Å². The first-order valence-corrected chi connectivity index (χ1v) is 11.7. The molecule has 1 aliphatic heterocycles. The van der Waals surface area contributed by atoms with Crippen molar-refractivity contribution in [1.82, 2.24) is 18.7 Å². The van der Waals surface area contributed by atoms with E-state index in [-0.39, 0.29) is 22.5 Å². The van der Waals surface area contributed by atoms with Crippen LogP contribution in [-0.2, 0) is 21.3 Å². The number of rotatable bonds is 8. The zero-order chi connectivity index (χ0) is 21.3. The summed E-state index contributed by atoms with van der Waals surface area (Å²) in [5.41, 5.74) is -0.127. The molecule has 1 atom stereocenters. The van der Waals surface area contributed by atoms with E-state index >= 15 is 0 Å². The van der Waals surface area contributed by atoms with Gasteiger partial charge >= 0.3 is 5.69 Å². The lowest BCUT2D eigenvalue weighted by atomic mass is 9.99. The summed E-state index contributed by atoms with van der Waals surface area (Å²) in [6, 6.07) is 6.70. The van der Waals surface area contributed by atoms with Crippen molar-refractivity contribution in [3.05, 3.63) is 40.6 Å². The van der Waals surface area contributed by atoms with Gasteiger partial charge in [0.15, 0.2) is 0 Å². The van der Waals surface area contributed by atoms with Crippen molar-refractivity contribution in [2.45, 2.75) is 49.1 Å². The van der Waals surface area contributed by atoms with Gasteiger partial charge in [-0.05, 0) is 37.8 Å². The van der Waals surface area contributed by atoms with E-state index in [2.05, 4.69) is 5.10 Å². The van der Waals surface area contributed by atoms with Gasteiger partial charge in [-0.1, -0.05) is 6.07 Å². The standard InChI is InChI=1S/C20H28N4O5S/c1-28-12-11-23-20(25)24(16-8-9-16)19(21-23)15-5-4-10-22(14-15)30(26,27)18-7-3-6-17(13-18)29-2/h3,6-7,13,15-16H,4-5,8-12,14H2,1-2H3. The van der Waals surface area contributed by atoms with Gasteiger partial charge in [0.05, 0.1) is 25.2 Å². The average molecular weight is 437 g/mol. The fourth-order valence-electron chi connectivity index (χ4n) is 4.00. The lowest BCUT2D eigenvalue weighted by Crippen LogP contribution is -2.40. The molecule has 10 heteroatoms. The van der Waals surface area contributed by atoms with Gasteiger partial charge in [-0.25, -0.2) is 17.9 Å². The molecule has 1 saturated carbocycles. The van der Waals surface area contributed by atoms with Gasteiger partial charge in [-0.2, -0.15) is 9.40 Å². The highest BCUT2D eigenvalue weighted by Crippen LogP contribution is 2.38. The highest BCUT2D eigenvalue weighted by Gasteiger charge is 2.37. The maximum atomic E-state index is 13.2. The normalized spacial score (nSPS) is 20.4. The van der Waals surface area contributed by atoms with Gasteiger partial charge < -0.3 is 9.47 Å². The Morgan fingerprint density at radius 3 is 2.70 bits per heavy atom. The Hall–Kier alpha value is -2.17. The average Bonchev–Trinajstić information content (AvgIpc) is 3.55. The first-order chi connectivity index (χ1) is 14.5. The molecule has 1 unspecified atom stereocenters. The van der Waals surface area contributed by atoms with Crippen molar-refractivity contribution in [1.29, 1.82) is 0 Å². The first-order valence-electron chi connectivity index (χ1n) is 10.3. The Kier molecular flexibility index (Phi) is 5.99. The smallest absolute Gasteiger partial charge is 0.346 e. The number of benzene rings is 1. The Bertz CT molecular complexity index is 1060. The number of piperidine rings is 1. The minimum atomic E-state index is -3.66. The zero-order valence-corrected chi connectivity index (χ0v) is 18.2. The maximum absolute atomic E-state index is 13.2. The third-order valence-electron chi connectivity index (χ3n) is 5.74. The molecule has 1 aliphatic carbocycles. The van der Waals surface area contributed by atoms with Crippen LogP contribution in [0.15, 0.2) is 34.0 Å². The maximum Gasteiger partial charge on any atom is 0.346 e. The number of sulfonamides is 1. The summed E-state index contributed by atoms with van der Waals surface area (Å²) in [4.78, 5) is 13.1. The van der Waals surface area contributed by atoms with Gasteiger partial charge in [-0.15, -0.1) is 0 Å². The number of hydrogen-bond donors (Lipinski definition) is 0. The highest BCUT2D eigenvalue weighted by atomic mass is 32.2. The lowest BCUT2D eigenvalue weighted by molar-refractivity contribution is 0.182. The van der Waals surface area contributed by atoms with Crippen molar-refractivity contribution >= 4 is 10.0 Å². The van der Waals surface area contributed by atoms with Crippen LogP contribution >= 0.6 is 0 Å². The lowest BCUT2D eigenvalue weighted by Gasteiger charge is -2.31. The number of methoxy groups -OCH3 is 2. The highest BCUT2D eigenvalue weighted by molar-refractivity contribution is 7.89. The predicted octanol–water partition coefficient (Wildman–Crippen LogP) is 1.60. The van der Waals surface area contributed by atoms with Crippen LogP contribution in [0.1, 0.15) is 43.5 Å². The van der Waals surface area contributed by atoms with E-state index in [1.165, 1.54) is 16.1 Å². The van der Waals surface area contributed by atoms with E-state index in [0.717, 1.165) is 25.7 Å². The zero-order valence-electron chi connectivity index (χ0n) is 17.4. The van der Waals surface area contributed by atoms with Gasteiger partial charge in [0.1, 0.15) is 11.6 Å². The largest absolute Gasteiger partial charge is 0.497 e. The molecule has 2 heterocycles. The summed E-state index contributed by atoms with van der Waals surface area (Å²) in [7, 11) is -0.556. The van der Waals surface area contributed by atoms with E-state index in [9.17, 15) is 13.2 Å². The molecular weight excluding hydrogens is 408 g/mol. The molecule has 0 bridgehead atoms. The van der Waals surface area contributed by atoms with Crippen molar-refractivity contribution in [2.24, 2.45) is 0 Å². The van der Waals surface area contributed by atoms with E-state index in [1.807, 2.05) is 0 Å². The van der Waals surface area contributed by atoms with Crippen LogP contribution in [0.3, 0.4) is 0 Å². The molecule has 0 spiro atoms. The quantitative estimate of drug-likeness (QED) is 0.624. The summed E-state index contributed by atoms with van der Waals surface area (Å²) in [6.45, 7) is 1.56. The summed E-state index contributed by atoms with van der Waals surface area (Å²) in [5.74, 6) is 1.09. The summed E-state index contributed by atoms with van der Waals surface area (Å²) in [6.07, 6.45) is 3.44. The van der Waals surface area contributed by atoms with Crippen LogP contribution in [0.4, 0.5) is 0 Å². The Balaban J connectivity index is 1.62. The molecule has 0 N–H and O–H groups in total. The molecule has 0 radical (unpaired) electrons. The predicted molar refractivity (Wildman–Crippen MR) is 110 cm³/mol. The number of ether oxygens (including phenoxy) is 2. The monoisotopic (exact) mass is 436 g/mol. The third-order valence-corrected chi connectivity index (χ3v) is 7.61. The van der Waals surface area contributed by atoms with Crippen molar-refractivity contribution < 1.29 is 17.9 Å². The topological polar surface area (TPSA) is 95.7 Å². The van der Waals surface area contributed by atoms with Gasteiger partial charge in [0.25, 0.3) is 0 Å². The molecule has 2 aliphatic rings. The van der Waals surface area contributed by atoms with Gasteiger partial charge in [0, 0.05) is 38.2 Å². The molecule has 2 aromatic rings. The van der Waals surface area contributed by atoms with Crippen LogP contribution in [0, 0.1) is 0 Å². The second-order valence-electron chi connectivity index (χ2n) is 7.84. The van der Waals surface area contributed by atoms with E-state index in [1.54, 1.807) is 35.9 Å². The van der Waals surface area contributed by atoms with Crippen molar-refractivity contribution in [3.8, 4) is 5.75 Å². The molecule has 1 saturated heterocycles. The fraction of sp³-hybridized carbons (Fsp3) is 0.600. The minimum absolute atomic E-state index is 0.115. The van der Waals surface area contributed by atoms with E-state index < -0.39 is 10.0 Å². The van der Waals surface area contributed by atoms with Crippen LogP contribution in [0.5, 0.6) is 5.75 Å². The molecule has 4 rings (SSSR count). The van der Waals surface area contributed by atoms with Crippen LogP contribution < -0.4 is 10.4 Å². The van der Waals surface area contributed by atoms with Crippen LogP contribution in [0.2, 0.25) is 0 Å². The summed E-state index contributed by atoms with van der Waals surface area (Å²) >= 11 is 0. The first kappa shape index (κ1) is 21.1. The van der Waals surface area contributed by atoms with Crippen LogP contribution in [-0.4, -0.2) is 61.0 Å². The molecule has 164 valence electrons. The molecular formula is C20H28N4O5S. The van der Waals surface area contributed by atoms with Gasteiger partial charge in [0.2, 0.25) is 10.0 Å². The molecule has 0 amide bonds. The number of aromatic nitrogens is 3. The Morgan fingerprint density at radius 2 is 2.00 bits per heavy atom. The third kappa shape index (κ3) is 4.03. The number of nitrogens with zero attached hydrogens (tertiary/aromatic N) is 4. The van der Waals surface area contributed by atoms with Crippen LogP contribution in [0.25, 0.3) is 0 Å². The molecule has 2 fully saturated rings. The fourth-order valence-corrected chi connectivity index (χ4v) is 5.56. The second kappa shape index (κ2) is 8.52. The van der Waals surface area contributed by atoms with E-state index in [0.29, 0.717) is 37.8 Å². The Morgan fingerprint density at radius 1 is 1.20 bits per heavy atom. The van der Waals surface area contributed by atoms with Crippen molar-refractivity contribution in [2.75, 3.05) is 33.9 Å². The summed E-state index contributed by atoms with van der Waals surface area (Å²) in [5, 5.41) is 4.59. The number of hydrogen-bond acceptors (Lipinski definition) is 6.